The van der Waals surface area contributed by atoms with Gasteiger partial charge in [-0.2, -0.15) is 5.26 Å². The topological polar surface area (TPSA) is 137 Å². The van der Waals surface area contributed by atoms with E-state index in [1.807, 2.05) is 71.4 Å². The van der Waals surface area contributed by atoms with Crippen LogP contribution in [0, 0.1) is 11.3 Å². The van der Waals surface area contributed by atoms with Crippen LogP contribution in [-0.2, 0) is 6.54 Å². The van der Waals surface area contributed by atoms with Gasteiger partial charge < -0.3 is 19.9 Å². The Bertz CT molecular complexity index is 1730. The quantitative estimate of drug-likeness (QED) is 0.352. The van der Waals surface area contributed by atoms with E-state index in [-0.39, 0.29) is 5.88 Å². The van der Waals surface area contributed by atoms with Crippen molar-refractivity contribution in [1.82, 2.24) is 25.2 Å². The molecule has 10 nitrogen and oxygen atoms in total. The summed E-state index contributed by atoms with van der Waals surface area (Å²) in [6, 6.07) is 23.4. The van der Waals surface area contributed by atoms with Gasteiger partial charge in [-0.05, 0) is 54.1 Å². The van der Waals surface area contributed by atoms with Gasteiger partial charge in [0.2, 0.25) is 11.8 Å². The van der Waals surface area contributed by atoms with Crippen molar-refractivity contribution in [3.63, 3.8) is 0 Å². The second kappa shape index (κ2) is 9.29. The molecule has 38 heavy (non-hydrogen) atoms. The second-order valence-electron chi connectivity index (χ2n) is 8.78. The van der Waals surface area contributed by atoms with Crippen LogP contribution in [-0.4, -0.2) is 39.4 Å². The zero-order chi connectivity index (χ0) is 26.2. The standard InChI is InChI=1S/C28H23N7O3/c1-36-19-10-7-16(8-11-19)26-25-24(20(14-29)27(30)38-28(25)33-32-26)17-9-12-23(37-2)18(13-17)15-35-22-6-4-3-5-21(22)31-34-35/h3-13,24H,15,30H2,1-2H3,(H,32,33)/t24-/m0/s1. The van der Waals surface area contributed by atoms with Crippen LogP contribution in [0.4, 0.5) is 0 Å². The molecule has 0 saturated heterocycles. The summed E-state index contributed by atoms with van der Waals surface area (Å²) in [4.78, 5) is 0. The van der Waals surface area contributed by atoms with Gasteiger partial charge >= 0.3 is 0 Å². The van der Waals surface area contributed by atoms with Gasteiger partial charge in [0.15, 0.2) is 0 Å². The monoisotopic (exact) mass is 505 g/mol. The fourth-order valence-electron chi connectivity index (χ4n) is 4.85. The van der Waals surface area contributed by atoms with E-state index < -0.39 is 5.92 Å². The number of H-pyrrole nitrogens is 1. The van der Waals surface area contributed by atoms with Gasteiger partial charge in [0.25, 0.3) is 0 Å². The number of benzene rings is 3. The maximum absolute atomic E-state index is 10.1. The van der Waals surface area contributed by atoms with Crippen LogP contribution in [0.2, 0.25) is 0 Å². The summed E-state index contributed by atoms with van der Waals surface area (Å²) >= 11 is 0. The smallest absolute Gasteiger partial charge is 0.244 e. The molecule has 0 aliphatic carbocycles. The number of nitrogens with two attached hydrogens (primary N) is 1. The molecule has 0 amide bonds. The Balaban J connectivity index is 1.48. The summed E-state index contributed by atoms with van der Waals surface area (Å²) < 4.78 is 18.6. The van der Waals surface area contributed by atoms with Crippen LogP contribution in [0.3, 0.4) is 0 Å². The van der Waals surface area contributed by atoms with Crippen LogP contribution < -0.4 is 19.9 Å². The average Bonchev–Trinajstić information content (AvgIpc) is 3.56. The number of fused-ring (bicyclic) bond motifs is 2. The summed E-state index contributed by atoms with van der Waals surface area (Å²) in [6.45, 7) is 0.422. The molecule has 5 aromatic rings. The van der Waals surface area contributed by atoms with Gasteiger partial charge in [-0.15, -0.1) is 10.2 Å². The number of hydrogen-bond acceptors (Lipinski definition) is 8. The maximum Gasteiger partial charge on any atom is 0.244 e. The Labute approximate surface area is 217 Å². The van der Waals surface area contributed by atoms with E-state index in [9.17, 15) is 5.26 Å². The molecule has 0 spiro atoms. The number of nitrogens with zero attached hydrogens (tertiary/aromatic N) is 5. The molecule has 3 aromatic carbocycles. The fourth-order valence-corrected chi connectivity index (χ4v) is 4.85. The molecule has 6 rings (SSSR count). The molecular weight excluding hydrogens is 482 g/mol. The third-order valence-corrected chi connectivity index (χ3v) is 6.70. The second-order valence-corrected chi connectivity index (χ2v) is 8.78. The van der Waals surface area contributed by atoms with Gasteiger partial charge in [0.1, 0.15) is 28.7 Å². The van der Waals surface area contributed by atoms with Crippen molar-refractivity contribution in [2.75, 3.05) is 14.2 Å². The van der Waals surface area contributed by atoms with Gasteiger partial charge in [-0.25, -0.2) is 4.68 Å². The van der Waals surface area contributed by atoms with Gasteiger partial charge in [-0.1, -0.05) is 23.4 Å². The Morgan fingerprint density at radius 3 is 2.66 bits per heavy atom. The first kappa shape index (κ1) is 23.1. The summed E-state index contributed by atoms with van der Waals surface area (Å²) in [5.41, 5.74) is 12.3. The number of nitrogens with one attached hydrogen (secondary N) is 1. The molecule has 1 aliphatic rings. The molecule has 10 heteroatoms. The third-order valence-electron chi connectivity index (χ3n) is 6.70. The van der Waals surface area contributed by atoms with Gasteiger partial charge in [0, 0.05) is 11.1 Å². The van der Waals surface area contributed by atoms with E-state index in [0.29, 0.717) is 23.7 Å². The molecule has 1 atom stereocenters. The first-order valence-corrected chi connectivity index (χ1v) is 11.9. The van der Waals surface area contributed by atoms with Crippen molar-refractivity contribution < 1.29 is 14.2 Å². The van der Waals surface area contributed by atoms with E-state index in [4.69, 9.17) is 19.9 Å². The lowest BCUT2D eigenvalue weighted by Crippen LogP contribution is -2.21. The van der Waals surface area contributed by atoms with Crippen LogP contribution in [0.15, 0.2) is 78.2 Å². The molecule has 188 valence electrons. The number of nitriles is 1. The van der Waals surface area contributed by atoms with Crippen molar-refractivity contribution >= 4 is 11.0 Å². The van der Waals surface area contributed by atoms with Crippen molar-refractivity contribution in [2.24, 2.45) is 5.73 Å². The van der Waals surface area contributed by atoms with Gasteiger partial charge in [0.05, 0.1) is 43.5 Å². The maximum atomic E-state index is 10.1. The lowest BCUT2D eigenvalue weighted by Gasteiger charge is -2.25. The number of aromatic amines is 1. The van der Waals surface area contributed by atoms with E-state index >= 15 is 0 Å². The molecule has 0 saturated carbocycles. The Morgan fingerprint density at radius 2 is 1.89 bits per heavy atom. The zero-order valence-electron chi connectivity index (χ0n) is 20.7. The van der Waals surface area contributed by atoms with Crippen LogP contribution in [0.5, 0.6) is 17.4 Å². The molecule has 3 N–H and O–H groups in total. The molecular formula is C28H23N7O3. The van der Waals surface area contributed by atoms with Crippen molar-refractivity contribution in [3.8, 4) is 34.7 Å². The largest absolute Gasteiger partial charge is 0.497 e. The first-order chi connectivity index (χ1) is 18.6. The van der Waals surface area contributed by atoms with Gasteiger partial charge in [-0.3, -0.25) is 5.10 Å². The highest BCUT2D eigenvalue weighted by molar-refractivity contribution is 5.74. The Kier molecular flexibility index (Phi) is 5.65. The van der Waals surface area contributed by atoms with E-state index in [1.54, 1.807) is 14.2 Å². The Morgan fingerprint density at radius 1 is 1.08 bits per heavy atom. The minimum absolute atomic E-state index is 0.0254. The van der Waals surface area contributed by atoms with E-state index in [1.165, 1.54) is 0 Å². The summed E-state index contributed by atoms with van der Waals surface area (Å²) in [5.74, 6) is 1.27. The van der Waals surface area contributed by atoms with E-state index in [0.717, 1.165) is 44.7 Å². The van der Waals surface area contributed by atoms with Crippen LogP contribution >= 0.6 is 0 Å². The predicted octanol–water partition coefficient (Wildman–Crippen LogP) is 4.11. The first-order valence-electron chi connectivity index (χ1n) is 11.9. The third kappa shape index (κ3) is 3.77. The normalized spacial score (nSPS) is 14.6. The molecule has 3 heterocycles. The number of hydrogen-bond donors (Lipinski definition) is 2. The number of methoxy groups -OCH3 is 2. The minimum Gasteiger partial charge on any atom is -0.497 e. The number of allylic oxidation sites excluding steroid dienone is 1. The molecule has 0 radical (unpaired) electrons. The highest BCUT2D eigenvalue weighted by Crippen LogP contribution is 2.46. The number of ether oxygens (including phenoxy) is 3. The summed E-state index contributed by atoms with van der Waals surface area (Å²) in [7, 11) is 3.24. The SMILES string of the molecule is COc1ccc(-c2[nH]nc3c2[C@@H](c2ccc(OC)c(Cn4nnc5ccccc54)c2)C(C#N)=C(N)O3)cc1. The lowest BCUT2D eigenvalue weighted by atomic mass is 9.82. The zero-order valence-corrected chi connectivity index (χ0v) is 20.7. The molecule has 2 aromatic heterocycles. The predicted molar refractivity (Wildman–Crippen MR) is 139 cm³/mol. The Hall–Kier alpha value is -5.30. The number of para-hydroxylation sites is 1. The van der Waals surface area contributed by atoms with Crippen LogP contribution in [0.1, 0.15) is 22.6 Å². The highest BCUT2D eigenvalue weighted by atomic mass is 16.5. The fraction of sp³-hybridized carbons (Fsp3) is 0.143. The summed E-state index contributed by atoms with van der Waals surface area (Å²) in [5, 5.41) is 26.2. The van der Waals surface area contributed by atoms with Crippen LogP contribution in [0.25, 0.3) is 22.3 Å². The summed E-state index contributed by atoms with van der Waals surface area (Å²) in [6.07, 6.45) is 0. The number of rotatable bonds is 6. The van der Waals surface area contributed by atoms with E-state index in [2.05, 4.69) is 26.6 Å². The number of aromatic nitrogens is 5. The molecule has 0 unspecified atom stereocenters. The van der Waals surface area contributed by atoms with Crippen molar-refractivity contribution in [1.29, 1.82) is 5.26 Å². The molecule has 1 aliphatic heterocycles. The van der Waals surface area contributed by atoms with Crippen molar-refractivity contribution in [2.45, 2.75) is 12.5 Å². The highest BCUT2D eigenvalue weighted by Gasteiger charge is 2.36. The molecule has 0 bridgehead atoms. The average molecular weight is 506 g/mol. The molecule has 0 fully saturated rings. The minimum atomic E-state index is -0.517. The van der Waals surface area contributed by atoms with Crippen molar-refractivity contribution in [3.05, 3.63) is 94.9 Å². The lowest BCUT2D eigenvalue weighted by molar-refractivity contribution is 0.378.